The van der Waals surface area contributed by atoms with Crippen LogP contribution in [0.3, 0.4) is 0 Å². The van der Waals surface area contributed by atoms with E-state index in [9.17, 15) is 13.2 Å². The summed E-state index contributed by atoms with van der Waals surface area (Å²) in [7, 11) is 1.67. The van der Waals surface area contributed by atoms with Gasteiger partial charge in [-0.2, -0.15) is 24.9 Å². The Morgan fingerprint density at radius 2 is 1.94 bits per heavy atom. The molecule has 5 heteroatoms. The number of thioether (sulfide) groups is 1. The summed E-state index contributed by atoms with van der Waals surface area (Å²) in [5.41, 5.74) is -0.241. The van der Waals surface area contributed by atoms with Crippen molar-refractivity contribution in [1.82, 2.24) is 5.32 Å². The minimum Gasteiger partial charge on any atom is -0.312 e. The van der Waals surface area contributed by atoms with Crippen LogP contribution < -0.4 is 5.32 Å². The van der Waals surface area contributed by atoms with E-state index >= 15 is 0 Å². The highest BCUT2D eigenvalue weighted by Crippen LogP contribution is 2.34. The lowest BCUT2D eigenvalue weighted by molar-refractivity contribution is -0.138. The molecule has 1 atom stereocenters. The van der Waals surface area contributed by atoms with Crippen molar-refractivity contribution in [1.29, 1.82) is 0 Å². The van der Waals surface area contributed by atoms with E-state index in [0.717, 1.165) is 6.07 Å². The van der Waals surface area contributed by atoms with E-state index in [0.29, 0.717) is 11.3 Å². The highest BCUT2D eigenvalue weighted by molar-refractivity contribution is 7.98. The summed E-state index contributed by atoms with van der Waals surface area (Å²) in [6.45, 7) is 0. The van der Waals surface area contributed by atoms with E-state index in [4.69, 9.17) is 0 Å². The Bertz CT molecular complexity index is 338. The van der Waals surface area contributed by atoms with Crippen LogP contribution in [0.4, 0.5) is 13.2 Å². The monoisotopic (exact) mass is 249 g/mol. The molecule has 16 heavy (non-hydrogen) atoms. The van der Waals surface area contributed by atoms with Crippen molar-refractivity contribution in [3.05, 3.63) is 35.4 Å². The van der Waals surface area contributed by atoms with Gasteiger partial charge in [-0.25, -0.2) is 0 Å². The third-order valence-corrected chi connectivity index (χ3v) is 2.99. The van der Waals surface area contributed by atoms with Crippen molar-refractivity contribution in [2.24, 2.45) is 0 Å². The Morgan fingerprint density at radius 1 is 1.31 bits per heavy atom. The molecule has 0 aliphatic heterocycles. The summed E-state index contributed by atoms with van der Waals surface area (Å²) in [4.78, 5) is 0. The lowest BCUT2D eigenvalue weighted by Gasteiger charge is -2.20. The zero-order valence-electron chi connectivity index (χ0n) is 9.14. The smallest absolute Gasteiger partial charge is 0.312 e. The standard InChI is InChI=1S/C11H14F3NS/c1-15-10(7-16-2)8-5-3-4-6-9(8)11(12,13)14/h3-6,10,15H,7H2,1-2H3. The molecule has 0 bridgehead atoms. The molecule has 1 rings (SSSR count). The SMILES string of the molecule is CNC(CSC)c1ccccc1C(F)(F)F. The van der Waals surface area contributed by atoms with Crippen molar-refractivity contribution in [3.8, 4) is 0 Å². The number of hydrogen-bond donors (Lipinski definition) is 1. The molecule has 1 aromatic carbocycles. The number of nitrogens with one attached hydrogen (secondary N) is 1. The van der Waals surface area contributed by atoms with E-state index in [2.05, 4.69) is 5.32 Å². The molecule has 90 valence electrons. The fourth-order valence-corrected chi connectivity index (χ4v) is 2.23. The van der Waals surface area contributed by atoms with Gasteiger partial charge < -0.3 is 5.32 Å². The van der Waals surface area contributed by atoms with Crippen LogP contribution in [0, 0.1) is 0 Å². The van der Waals surface area contributed by atoms with Crippen molar-refractivity contribution in [2.75, 3.05) is 19.1 Å². The lowest BCUT2D eigenvalue weighted by atomic mass is 10.0. The van der Waals surface area contributed by atoms with Crippen molar-refractivity contribution in [3.63, 3.8) is 0 Å². The van der Waals surface area contributed by atoms with E-state index in [1.54, 1.807) is 13.1 Å². The first-order valence-corrected chi connectivity index (χ1v) is 6.22. The second kappa shape index (κ2) is 5.59. The van der Waals surface area contributed by atoms with Crippen LogP contribution in [0.15, 0.2) is 24.3 Å². The van der Waals surface area contributed by atoms with Gasteiger partial charge in [-0.15, -0.1) is 0 Å². The highest BCUT2D eigenvalue weighted by Gasteiger charge is 2.34. The lowest BCUT2D eigenvalue weighted by Crippen LogP contribution is -2.22. The van der Waals surface area contributed by atoms with Gasteiger partial charge in [0.05, 0.1) is 5.56 Å². The molecule has 0 radical (unpaired) electrons. The molecular weight excluding hydrogens is 235 g/mol. The van der Waals surface area contributed by atoms with Crippen molar-refractivity contribution < 1.29 is 13.2 Å². The molecule has 0 saturated heterocycles. The summed E-state index contributed by atoms with van der Waals surface area (Å²) in [5.74, 6) is 0.615. The van der Waals surface area contributed by atoms with Crippen LogP contribution in [0.1, 0.15) is 17.2 Å². The third-order valence-electron chi connectivity index (χ3n) is 2.32. The first-order valence-electron chi connectivity index (χ1n) is 4.83. The van der Waals surface area contributed by atoms with Crippen LogP contribution in [-0.2, 0) is 6.18 Å². The van der Waals surface area contributed by atoms with Gasteiger partial charge >= 0.3 is 6.18 Å². The predicted molar refractivity (Wildman–Crippen MR) is 61.6 cm³/mol. The van der Waals surface area contributed by atoms with Gasteiger partial charge in [0.15, 0.2) is 0 Å². The summed E-state index contributed by atoms with van der Waals surface area (Å²) in [6, 6.07) is 5.43. The molecule has 0 saturated carbocycles. The summed E-state index contributed by atoms with van der Waals surface area (Å²) < 4.78 is 38.3. The highest BCUT2D eigenvalue weighted by atomic mass is 32.2. The fourth-order valence-electron chi connectivity index (χ4n) is 1.55. The zero-order chi connectivity index (χ0) is 12.2. The molecule has 0 aliphatic rings. The van der Waals surface area contributed by atoms with Gasteiger partial charge in [0, 0.05) is 11.8 Å². The van der Waals surface area contributed by atoms with E-state index < -0.39 is 11.7 Å². The van der Waals surface area contributed by atoms with E-state index in [1.165, 1.54) is 23.9 Å². The molecule has 1 N–H and O–H groups in total. The predicted octanol–water partition coefficient (Wildman–Crippen LogP) is 3.33. The second-order valence-electron chi connectivity index (χ2n) is 3.38. The average molecular weight is 249 g/mol. The van der Waals surface area contributed by atoms with Crippen LogP contribution in [0.25, 0.3) is 0 Å². The molecule has 0 aromatic heterocycles. The molecule has 1 unspecified atom stereocenters. The largest absolute Gasteiger partial charge is 0.416 e. The van der Waals surface area contributed by atoms with Crippen LogP contribution >= 0.6 is 11.8 Å². The molecule has 1 nitrogen and oxygen atoms in total. The molecular formula is C11H14F3NS. The first kappa shape index (κ1) is 13.4. The van der Waals surface area contributed by atoms with Crippen LogP contribution in [0.5, 0.6) is 0 Å². The van der Waals surface area contributed by atoms with E-state index in [-0.39, 0.29) is 6.04 Å². The molecule has 0 spiro atoms. The number of hydrogen-bond acceptors (Lipinski definition) is 2. The molecule has 1 aromatic rings. The average Bonchev–Trinajstić information content (AvgIpc) is 2.25. The van der Waals surface area contributed by atoms with Crippen LogP contribution in [0.2, 0.25) is 0 Å². The normalized spacial score (nSPS) is 13.8. The zero-order valence-corrected chi connectivity index (χ0v) is 9.95. The molecule has 0 heterocycles. The third kappa shape index (κ3) is 3.15. The quantitative estimate of drug-likeness (QED) is 0.878. The number of alkyl halides is 3. The van der Waals surface area contributed by atoms with Gasteiger partial charge in [0.25, 0.3) is 0 Å². The maximum Gasteiger partial charge on any atom is 0.416 e. The topological polar surface area (TPSA) is 12.0 Å². The van der Waals surface area contributed by atoms with Crippen molar-refractivity contribution >= 4 is 11.8 Å². The Kier molecular flexibility index (Phi) is 4.68. The summed E-state index contributed by atoms with van der Waals surface area (Å²) in [5, 5.41) is 2.91. The van der Waals surface area contributed by atoms with Crippen molar-refractivity contribution in [2.45, 2.75) is 12.2 Å². The van der Waals surface area contributed by atoms with Gasteiger partial charge in [-0.3, -0.25) is 0 Å². The Morgan fingerprint density at radius 3 is 2.44 bits per heavy atom. The van der Waals surface area contributed by atoms with Crippen LogP contribution in [-0.4, -0.2) is 19.1 Å². The summed E-state index contributed by atoms with van der Waals surface area (Å²) in [6.07, 6.45) is -2.41. The van der Waals surface area contributed by atoms with Gasteiger partial charge in [-0.05, 0) is 24.9 Å². The molecule has 0 amide bonds. The Balaban J connectivity index is 3.11. The minimum atomic E-state index is -4.29. The number of benzene rings is 1. The van der Waals surface area contributed by atoms with Gasteiger partial charge in [-0.1, -0.05) is 18.2 Å². The number of rotatable bonds is 4. The fraction of sp³-hybridized carbons (Fsp3) is 0.455. The second-order valence-corrected chi connectivity index (χ2v) is 4.29. The Labute approximate surface area is 97.4 Å². The maximum absolute atomic E-state index is 12.8. The maximum atomic E-state index is 12.8. The van der Waals surface area contributed by atoms with Gasteiger partial charge in [0.1, 0.15) is 0 Å². The first-order chi connectivity index (χ1) is 7.50. The minimum absolute atomic E-state index is 0.271. The summed E-state index contributed by atoms with van der Waals surface area (Å²) >= 11 is 1.52. The van der Waals surface area contributed by atoms with E-state index in [1.807, 2.05) is 6.26 Å². The number of halogens is 3. The van der Waals surface area contributed by atoms with Gasteiger partial charge in [0.2, 0.25) is 0 Å². The molecule has 0 aliphatic carbocycles. The molecule has 0 fully saturated rings. The Hall–Kier alpha value is -0.680.